The Morgan fingerprint density at radius 3 is 2.44 bits per heavy atom. The fourth-order valence-corrected chi connectivity index (χ4v) is 1.97. The summed E-state index contributed by atoms with van der Waals surface area (Å²) in [5.41, 5.74) is 0.293. The highest BCUT2D eigenvalue weighted by Gasteiger charge is 2.43. The van der Waals surface area contributed by atoms with Gasteiger partial charge in [-0.05, 0) is 19.1 Å². The van der Waals surface area contributed by atoms with Crippen LogP contribution in [0.4, 0.5) is 0 Å². The summed E-state index contributed by atoms with van der Waals surface area (Å²) in [5.74, 6) is -0.769. The molecule has 0 amide bonds. The summed E-state index contributed by atoms with van der Waals surface area (Å²) in [4.78, 5) is 24.0. The van der Waals surface area contributed by atoms with Crippen molar-refractivity contribution in [1.82, 2.24) is 0 Å². The molecule has 0 aliphatic carbocycles. The van der Waals surface area contributed by atoms with Crippen LogP contribution in [-0.4, -0.2) is 28.7 Å². The molecule has 0 aromatic heterocycles. The van der Waals surface area contributed by atoms with E-state index < -0.39 is 15.0 Å². The number of carbonyl (C=O) groups excluding carboxylic acids is 2. The van der Waals surface area contributed by atoms with Crippen LogP contribution >= 0.6 is 31.9 Å². The molecule has 0 spiro atoms. The topological polar surface area (TPSA) is 52.6 Å². The first-order valence-electron chi connectivity index (χ1n) is 5.18. The SMILES string of the molecule is CCOC(=O)C(Br)(Br)C(=O)c1ccccc1OC. The molecule has 0 radical (unpaired) electrons. The Morgan fingerprint density at radius 2 is 1.89 bits per heavy atom. The normalized spacial score (nSPS) is 10.9. The Labute approximate surface area is 122 Å². The van der Waals surface area contributed by atoms with E-state index >= 15 is 0 Å². The van der Waals surface area contributed by atoms with Crippen LogP contribution in [0.2, 0.25) is 0 Å². The summed E-state index contributed by atoms with van der Waals surface area (Å²) in [7, 11) is 1.46. The zero-order valence-corrected chi connectivity index (χ0v) is 13.1. The van der Waals surface area contributed by atoms with Gasteiger partial charge >= 0.3 is 5.97 Å². The van der Waals surface area contributed by atoms with Crippen LogP contribution in [0.1, 0.15) is 17.3 Å². The lowest BCUT2D eigenvalue weighted by molar-refractivity contribution is -0.141. The van der Waals surface area contributed by atoms with Crippen molar-refractivity contribution in [3.63, 3.8) is 0 Å². The van der Waals surface area contributed by atoms with Crippen LogP contribution < -0.4 is 4.74 Å². The summed E-state index contributed by atoms with van der Waals surface area (Å²) in [6, 6.07) is 6.66. The molecule has 0 aliphatic heterocycles. The molecule has 4 nitrogen and oxygen atoms in total. The first kappa shape index (κ1) is 15.2. The molecule has 0 saturated carbocycles. The molecule has 0 heterocycles. The van der Waals surface area contributed by atoms with Crippen molar-refractivity contribution >= 4 is 43.6 Å². The molecule has 0 bridgehead atoms. The molecule has 18 heavy (non-hydrogen) atoms. The molecule has 6 heteroatoms. The van der Waals surface area contributed by atoms with E-state index in [9.17, 15) is 9.59 Å². The average Bonchev–Trinajstić information content (AvgIpc) is 2.38. The van der Waals surface area contributed by atoms with Crippen LogP contribution in [0.3, 0.4) is 0 Å². The van der Waals surface area contributed by atoms with Crippen LogP contribution in [0.5, 0.6) is 5.75 Å². The minimum absolute atomic E-state index is 0.191. The second kappa shape index (κ2) is 6.33. The Kier molecular flexibility index (Phi) is 5.34. The number of benzene rings is 1. The van der Waals surface area contributed by atoms with E-state index in [0.717, 1.165) is 0 Å². The fourth-order valence-electron chi connectivity index (χ4n) is 1.32. The van der Waals surface area contributed by atoms with Gasteiger partial charge in [-0.3, -0.25) is 4.79 Å². The van der Waals surface area contributed by atoms with Gasteiger partial charge < -0.3 is 9.47 Å². The standard InChI is InChI=1S/C12H12Br2O4/c1-3-18-11(16)12(13,14)10(15)8-6-4-5-7-9(8)17-2/h4-7H,3H2,1-2H3. The van der Waals surface area contributed by atoms with Crippen LogP contribution in [0.25, 0.3) is 0 Å². The van der Waals surface area contributed by atoms with Crippen molar-refractivity contribution in [3.8, 4) is 5.75 Å². The van der Waals surface area contributed by atoms with Crippen LogP contribution in [0, 0.1) is 0 Å². The number of rotatable bonds is 5. The van der Waals surface area contributed by atoms with E-state index in [2.05, 4.69) is 31.9 Å². The molecule has 1 aromatic rings. The van der Waals surface area contributed by atoms with Crippen molar-refractivity contribution in [2.75, 3.05) is 13.7 Å². The molecule has 1 rings (SSSR count). The minimum atomic E-state index is -1.59. The summed E-state index contributed by atoms with van der Waals surface area (Å²) in [6.07, 6.45) is 0. The van der Waals surface area contributed by atoms with Gasteiger partial charge in [0, 0.05) is 0 Å². The zero-order chi connectivity index (χ0) is 13.8. The number of ketones is 1. The lowest BCUT2D eigenvalue weighted by Crippen LogP contribution is -2.36. The predicted molar refractivity (Wildman–Crippen MR) is 74.5 cm³/mol. The van der Waals surface area contributed by atoms with E-state index in [1.54, 1.807) is 31.2 Å². The van der Waals surface area contributed by atoms with E-state index in [0.29, 0.717) is 11.3 Å². The van der Waals surface area contributed by atoms with Crippen molar-refractivity contribution in [2.24, 2.45) is 0 Å². The van der Waals surface area contributed by atoms with Gasteiger partial charge in [0.25, 0.3) is 0 Å². The lowest BCUT2D eigenvalue weighted by Gasteiger charge is -2.18. The Balaban J connectivity index is 3.09. The second-order valence-corrected chi connectivity index (χ2v) is 6.77. The Hall–Kier alpha value is -0.880. The number of para-hydroxylation sites is 1. The number of alkyl halides is 2. The van der Waals surface area contributed by atoms with E-state index in [1.165, 1.54) is 7.11 Å². The number of halogens is 2. The molecule has 0 N–H and O–H groups in total. The number of Topliss-reactive ketones (excluding diaryl/α,β-unsaturated/α-hetero) is 1. The first-order chi connectivity index (χ1) is 8.45. The largest absolute Gasteiger partial charge is 0.496 e. The van der Waals surface area contributed by atoms with Crippen molar-refractivity contribution in [3.05, 3.63) is 29.8 Å². The average molecular weight is 380 g/mol. The fraction of sp³-hybridized carbons (Fsp3) is 0.333. The van der Waals surface area contributed by atoms with Crippen LogP contribution in [-0.2, 0) is 9.53 Å². The summed E-state index contributed by atoms with van der Waals surface area (Å²) in [5, 5.41) is 0. The molecule has 1 aromatic carbocycles. The predicted octanol–water partition coefficient (Wildman–Crippen LogP) is 2.93. The molecular formula is C12H12Br2O4. The number of esters is 1. The van der Waals surface area contributed by atoms with Gasteiger partial charge in [0.2, 0.25) is 9.02 Å². The minimum Gasteiger partial charge on any atom is -0.496 e. The third-order valence-electron chi connectivity index (χ3n) is 2.17. The molecule has 0 fully saturated rings. The number of ether oxygens (including phenoxy) is 2. The molecule has 0 aliphatic rings. The van der Waals surface area contributed by atoms with Gasteiger partial charge in [0.15, 0.2) is 0 Å². The number of carbonyl (C=O) groups is 2. The molecule has 0 unspecified atom stereocenters. The quantitative estimate of drug-likeness (QED) is 0.341. The van der Waals surface area contributed by atoms with E-state index in [4.69, 9.17) is 9.47 Å². The van der Waals surface area contributed by atoms with Gasteiger partial charge in [-0.2, -0.15) is 0 Å². The monoisotopic (exact) mass is 378 g/mol. The Bertz CT molecular complexity index is 457. The Morgan fingerprint density at radius 1 is 1.28 bits per heavy atom. The number of methoxy groups -OCH3 is 1. The maximum Gasteiger partial charge on any atom is 0.342 e. The third kappa shape index (κ3) is 3.11. The van der Waals surface area contributed by atoms with Crippen molar-refractivity contribution in [2.45, 2.75) is 10.2 Å². The maximum atomic E-state index is 12.3. The first-order valence-corrected chi connectivity index (χ1v) is 6.76. The van der Waals surface area contributed by atoms with Crippen molar-refractivity contribution < 1.29 is 19.1 Å². The molecular weight excluding hydrogens is 368 g/mol. The van der Waals surface area contributed by atoms with Gasteiger partial charge in [-0.25, -0.2) is 4.79 Å². The second-order valence-electron chi connectivity index (χ2n) is 3.32. The number of hydrogen-bond acceptors (Lipinski definition) is 4. The van der Waals surface area contributed by atoms with E-state index in [-0.39, 0.29) is 6.61 Å². The van der Waals surface area contributed by atoms with E-state index in [1.807, 2.05) is 0 Å². The lowest BCUT2D eigenvalue weighted by atomic mass is 10.1. The third-order valence-corrected chi connectivity index (χ3v) is 3.54. The maximum absolute atomic E-state index is 12.3. The van der Waals surface area contributed by atoms with Gasteiger partial charge in [-0.1, -0.05) is 44.0 Å². The van der Waals surface area contributed by atoms with Gasteiger partial charge in [-0.15, -0.1) is 0 Å². The summed E-state index contributed by atoms with van der Waals surface area (Å²) < 4.78 is 8.32. The zero-order valence-electron chi connectivity index (χ0n) is 9.91. The summed E-state index contributed by atoms with van der Waals surface area (Å²) in [6.45, 7) is 1.86. The van der Waals surface area contributed by atoms with Crippen molar-refractivity contribution in [1.29, 1.82) is 0 Å². The number of hydrogen-bond donors (Lipinski definition) is 0. The van der Waals surface area contributed by atoms with Gasteiger partial charge in [0.1, 0.15) is 5.75 Å². The molecule has 0 atom stereocenters. The molecule has 0 saturated heterocycles. The highest BCUT2D eigenvalue weighted by atomic mass is 79.9. The summed E-state index contributed by atoms with van der Waals surface area (Å²) >= 11 is 6.10. The smallest absolute Gasteiger partial charge is 0.342 e. The highest BCUT2D eigenvalue weighted by Crippen LogP contribution is 2.34. The van der Waals surface area contributed by atoms with Crippen LogP contribution in [0.15, 0.2) is 24.3 Å². The van der Waals surface area contributed by atoms with Gasteiger partial charge in [0.05, 0.1) is 19.3 Å². The highest BCUT2D eigenvalue weighted by molar-refractivity contribution is 9.26. The molecule has 98 valence electrons.